The number of aryl methyl sites for hydroxylation is 1. The largest absolute Gasteiger partial charge is 0.378 e. The average Bonchev–Trinajstić information content (AvgIpc) is 3.04. The lowest BCUT2D eigenvalue weighted by atomic mass is 9.94. The van der Waals surface area contributed by atoms with Gasteiger partial charge in [-0.25, -0.2) is 4.98 Å². The molecule has 5 heteroatoms. The van der Waals surface area contributed by atoms with Crippen LogP contribution in [0.3, 0.4) is 0 Å². The summed E-state index contributed by atoms with van der Waals surface area (Å²) < 4.78 is 2.49. The van der Waals surface area contributed by atoms with E-state index in [2.05, 4.69) is 50.5 Å². The van der Waals surface area contributed by atoms with Crippen molar-refractivity contribution in [1.29, 1.82) is 0 Å². The quantitative estimate of drug-likeness (QED) is 0.639. The summed E-state index contributed by atoms with van der Waals surface area (Å²) in [5.41, 5.74) is 5.66. The summed E-state index contributed by atoms with van der Waals surface area (Å²) in [7, 11) is 0. The molecule has 4 rings (SSSR count). The molecule has 0 spiro atoms. The molecule has 1 unspecified atom stereocenters. The SMILES string of the molecule is Brc1cc2c(s1)CCCC2Nc1ccc2ncsc2c1. The third kappa shape index (κ3) is 2.28. The van der Waals surface area contributed by atoms with Gasteiger partial charge in [-0.05, 0) is 65.0 Å². The Kier molecular flexibility index (Phi) is 3.28. The number of rotatable bonds is 2. The number of benzene rings is 1. The van der Waals surface area contributed by atoms with Gasteiger partial charge in [-0.3, -0.25) is 0 Å². The third-order valence-electron chi connectivity index (χ3n) is 3.76. The predicted molar refractivity (Wildman–Crippen MR) is 90.9 cm³/mol. The Labute approximate surface area is 134 Å². The summed E-state index contributed by atoms with van der Waals surface area (Å²) in [5, 5.41) is 3.70. The number of hydrogen-bond acceptors (Lipinski definition) is 4. The topological polar surface area (TPSA) is 24.9 Å². The molecule has 2 aromatic heterocycles. The van der Waals surface area contributed by atoms with Crippen LogP contribution in [0.15, 0.2) is 33.6 Å². The number of halogens is 1. The molecular weight excluding hydrogens is 352 g/mol. The molecule has 1 aromatic carbocycles. The van der Waals surface area contributed by atoms with Crippen LogP contribution in [-0.2, 0) is 6.42 Å². The number of anilines is 1. The minimum Gasteiger partial charge on any atom is -0.378 e. The van der Waals surface area contributed by atoms with Gasteiger partial charge in [-0.1, -0.05) is 0 Å². The van der Waals surface area contributed by atoms with Crippen LogP contribution < -0.4 is 5.32 Å². The van der Waals surface area contributed by atoms with Crippen molar-refractivity contribution in [3.05, 3.63) is 44.0 Å². The van der Waals surface area contributed by atoms with Crippen molar-refractivity contribution in [3.63, 3.8) is 0 Å². The highest BCUT2D eigenvalue weighted by molar-refractivity contribution is 9.11. The molecule has 0 bridgehead atoms. The first-order valence-corrected chi connectivity index (χ1v) is 9.16. The summed E-state index contributed by atoms with van der Waals surface area (Å²) in [6, 6.07) is 9.16. The number of nitrogens with zero attached hydrogens (tertiary/aromatic N) is 1. The molecule has 1 N–H and O–H groups in total. The minimum absolute atomic E-state index is 0.437. The number of thiophene rings is 1. The Hall–Kier alpha value is -0.910. The lowest BCUT2D eigenvalue weighted by Crippen LogP contribution is -2.15. The molecule has 2 nitrogen and oxygen atoms in total. The molecule has 3 aromatic rings. The molecular formula is C15H13BrN2S2. The van der Waals surface area contributed by atoms with Crippen LogP contribution in [0.25, 0.3) is 10.2 Å². The maximum absolute atomic E-state index is 4.33. The fraction of sp³-hybridized carbons (Fsp3) is 0.267. The smallest absolute Gasteiger partial charge is 0.0813 e. The van der Waals surface area contributed by atoms with Crippen LogP contribution >= 0.6 is 38.6 Å². The van der Waals surface area contributed by atoms with Crippen LogP contribution in [0, 0.1) is 0 Å². The van der Waals surface area contributed by atoms with Crippen LogP contribution in [0.4, 0.5) is 5.69 Å². The summed E-state index contributed by atoms with van der Waals surface area (Å²) in [4.78, 5) is 5.86. The summed E-state index contributed by atoms with van der Waals surface area (Å²) in [5.74, 6) is 0. The number of hydrogen-bond donors (Lipinski definition) is 1. The maximum Gasteiger partial charge on any atom is 0.0813 e. The van der Waals surface area contributed by atoms with E-state index < -0.39 is 0 Å². The van der Waals surface area contributed by atoms with Crippen LogP contribution in [0.1, 0.15) is 29.3 Å². The lowest BCUT2D eigenvalue weighted by Gasteiger charge is -2.24. The molecule has 1 aliphatic carbocycles. The lowest BCUT2D eigenvalue weighted by molar-refractivity contribution is 0.609. The highest BCUT2D eigenvalue weighted by Crippen LogP contribution is 2.39. The van der Waals surface area contributed by atoms with Gasteiger partial charge in [0.25, 0.3) is 0 Å². The van der Waals surface area contributed by atoms with Gasteiger partial charge < -0.3 is 5.32 Å². The normalized spacial score (nSPS) is 18.1. The summed E-state index contributed by atoms with van der Waals surface area (Å²) >= 11 is 7.19. The molecule has 0 fully saturated rings. The van der Waals surface area contributed by atoms with Gasteiger partial charge in [-0.2, -0.15) is 0 Å². The Morgan fingerprint density at radius 2 is 2.25 bits per heavy atom. The number of fused-ring (bicyclic) bond motifs is 2. The molecule has 0 saturated carbocycles. The van der Waals surface area contributed by atoms with Crippen LogP contribution in [0.5, 0.6) is 0 Å². The van der Waals surface area contributed by atoms with Crippen molar-refractivity contribution in [3.8, 4) is 0 Å². The summed E-state index contributed by atoms with van der Waals surface area (Å²) in [6.45, 7) is 0. The van der Waals surface area contributed by atoms with Crippen molar-refractivity contribution in [2.75, 3.05) is 5.32 Å². The summed E-state index contributed by atoms with van der Waals surface area (Å²) in [6.07, 6.45) is 3.69. The van der Waals surface area contributed by atoms with Gasteiger partial charge >= 0.3 is 0 Å². The van der Waals surface area contributed by atoms with Crippen molar-refractivity contribution < 1.29 is 0 Å². The van der Waals surface area contributed by atoms with Crippen molar-refractivity contribution in [1.82, 2.24) is 4.98 Å². The Bertz CT molecular complexity index is 762. The Morgan fingerprint density at radius 1 is 1.30 bits per heavy atom. The van der Waals surface area contributed by atoms with E-state index in [-0.39, 0.29) is 0 Å². The van der Waals surface area contributed by atoms with Crippen LogP contribution in [0.2, 0.25) is 0 Å². The standard InChI is InChI=1S/C15H13BrN2S2/c16-15-7-10-11(2-1-3-13(10)20-15)18-9-4-5-12-14(6-9)19-8-17-12/h4-8,11,18H,1-3H2. The second-order valence-corrected chi connectivity index (χ2v) is 8.46. The second-order valence-electron chi connectivity index (χ2n) is 5.05. The van der Waals surface area contributed by atoms with E-state index in [1.165, 1.54) is 43.9 Å². The van der Waals surface area contributed by atoms with Gasteiger partial charge in [0.1, 0.15) is 0 Å². The molecule has 20 heavy (non-hydrogen) atoms. The Morgan fingerprint density at radius 3 is 3.20 bits per heavy atom. The highest BCUT2D eigenvalue weighted by Gasteiger charge is 2.22. The number of nitrogens with one attached hydrogen (secondary N) is 1. The maximum atomic E-state index is 4.33. The van der Waals surface area contributed by atoms with Gasteiger partial charge in [0, 0.05) is 10.6 Å². The van der Waals surface area contributed by atoms with E-state index in [1.807, 2.05) is 16.8 Å². The number of thiazole rings is 1. The zero-order valence-electron chi connectivity index (χ0n) is 10.7. The van der Waals surface area contributed by atoms with Crippen LogP contribution in [-0.4, -0.2) is 4.98 Å². The molecule has 1 atom stereocenters. The fourth-order valence-corrected chi connectivity index (χ4v) is 5.35. The first-order chi connectivity index (χ1) is 9.79. The molecule has 0 radical (unpaired) electrons. The minimum atomic E-state index is 0.437. The van der Waals surface area contributed by atoms with Gasteiger partial charge in [0.05, 0.1) is 25.6 Å². The van der Waals surface area contributed by atoms with Crippen molar-refractivity contribution in [2.24, 2.45) is 0 Å². The first kappa shape index (κ1) is 12.8. The average molecular weight is 365 g/mol. The Balaban J connectivity index is 1.65. The monoisotopic (exact) mass is 364 g/mol. The molecule has 2 heterocycles. The zero-order chi connectivity index (χ0) is 13.5. The van der Waals surface area contributed by atoms with Gasteiger partial charge in [-0.15, -0.1) is 22.7 Å². The first-order valence-electron chi connectivity index (χ1n) is 6.67. The number of aromatic nitrogens is 1. The molecule has 0 aliphatic heterocycles. The van der Waals surface area contributed by atoms with E-state index in [9.17, 15) is 0 Å². The molecule has 102 valence electrons. The third-order valence-corrected chi connectivity index (χ3v) is 6.26. The van der Waals surface area contributed by atoms with Gasteiger partial charge in [0.15, 0.2) is 0 Å². The molecule has 0 saturated heterocycles. The van der Waals surface area contributed by atoms with Crippen molar-refractivity contribution >= 4 is 54.5 Å². The van der Waals surface area contributed by atoms with Crippen molar-refractivity contribution in [2.45, 2.75) is 25.3 Å². The van der Waals surface area contributed by atoms with E-state index in [4.69, 9.17) is 0 Å². The van der Waals surface area contributed by atoms with E-state index in [1.54, 1.807) is 11.3 Å². The van der Waals surface area contributed by atoms with E-state index >= 15 is 0 Å². The molecule has 0 amide bonds. The fourth-order valence-electron chi connectivity index (χ4n) is 2.82. The molecule has 1 aliphatic rings. The van der Waals surface area contributed by atoms with E-state index in [0.29, 0.717) is 6.04 Å². The van der Waals surface area contributed by atoms with E-state index in [0.717, 1.165) is 5.52 Å². The second kappa shape index (κ2) is 5.13. The van der Waals surface area contributed by atoms with Gasteiger partial charge in [0.2, 0.25) is 0 Å². The highest BCUT2D eigenvalue weighted by atomic mass is 79.9. The predicted octanol–water partition coefficient (Wildman–Crippen LogP) is 5.61. The zero-order valence-corrected chi connectivity index (χ0v) is 13.9.